The number of fused-ring (bicyclic) bond motifs is 1. The van der Waals surface area contributed by atoms with Gasteiger partial charge in [-0.25, -0.2) is 4.98 Å². The highest BCUT2D eigenvalue weighted by Crippen LogP contribution is 2.28. The highest BCUT2D eigenvalue weighted by Gasteiger charge is 2.08. The van der Waals surface area contributed by atoms with Crippen molar-refractivity contribution in [1.29, 1.82) is 0 Å². The Balaban J connectivity index is 2.17. The van der Waals surface area contributed by atoms with Gasteiger partial charge in [0.05, 0.1) is 7.11 Å². The number of rotatable bonds is 2. The number of nitrogen functional groups attached to an aromatic ring is 1. The van der Waals surface area contributed by atoms with E-state index in [0.717, 1.165) is 16.3 Å². The Morgan fingerprint density at radius 3 is 2.83 bits per heavy atom. The average Bonchev–Trinajstić information content (AvgIpc) is 2.84. The summed E-state index contributed by atoms with van der Waals surface area (Å²) in [6.07, 6.45) is 1.71. The zero-order valence-corrected chi connectivity index (χ0v) is 9.75. The molecule has 0 fully saturated rings. The lowest BCUT2D eigenvalue weighted by Crippen LogP contribution is -1.88. The zero-order valence-electron chi connectivity index (χ0n) is 9.75. The van der Waals surface area contributed by atoms with Gasteiger partial charge in [0.1, 0.15) is 0 Å². The molecule has 0 bridgehead atoms. The molecule has 18 heavy (non-hydrogen) atoms. The number of anilines is 1. The Kier molecular flexibility index (Phi) is 2.37. The minimum Gasteiger partial charge on any atom is -0.481 e. The summed E-state index contributed by atoms with van der Waals surface area (Å²) in [5.74, 6) is 1.62. The van der Waals surface area contributed by atoms with Crippen molar-refractivity contribution in [3.05, 3.63) is 36.5 Å². The smallest absolute Gasteiger partial charge is 0.221 e. The van der Waals surface area contributed by atoms with Crippen LogP contribution in [0.25, 0.3) is 22.1 Å². The molecule has 3 aromatic rings. The van der Waals surface area contributed by atoms with E-state index in [-0.39, 0.29) is 0 Å². The zero-order chi connectivity index (χ0) is 12.5. The Bertz CT molecular complexity index is 706. The van der Waals surface area contributed by atoms with Crippen LogP contribution in [0, 0.1) is 0 Å². The third-order valence-corrected chi connectivity index (χ3v) is 2.73. The van der Waals surface area contributed by atoms with E-state index >= 15 is 0 Å². The van der Waals surface area contributed by atoms with Gasteiger partial charge in [0.25, 0.3) is 0 Å². The first-order valence-electron chi connectivity index (χ1n) is 5.43. The molecule has 0 radical (unpaired) electrons. The molecule has 0 unspecified atom stereocenters. The molecule has 90 valence electrons. The number of benzene rings is 1. The standard InChI is InChI=1S/C13H11N3O2/c1-17-13-10-3-2-9(6-8(10)4-5-15-13)11-7-12(14)16-18-11/h2-7H,1H3,(H2,14,16). The minimum absolute atomic E-state index is 0.373. The fourth-order valence-corrected chi connectivity index (χ4v) is 1.89. The fraction of sp³-hybridized carbons (Fsp3) is 0.0769. The van der Waals surface area contributed by atoms with Gasteiger partial charge < -0.3 is 15.0 Å². The molecule has 1 aromatic carbocycles. The molecule has 2 heterocycles. The average molecular weight is 241 g/mol. The fourth-order valence-electron chi connectivity index (χ4n) is 1.89. The summed E-state index contributed by atoms with van der Waals surface area (Å²) in [5, 5.41) is 5.65. The Hall–Kier alpha value is -2.56. The summed E-state index contributed by atoms with van der Waals surface area (Å²) in [5.41, 5.74) is 6.46. The number of hydrogen-bond acceptors (Lipinski definition) is 5. The molecule has 0 atom stereocenters. The molecule has 0 spiro atoms. The molecular weight excluding hydrogens is 230 g/mol. The maximum absolute atomic E-state index is 5.54. The molecule has 3 rings (SSSR count). The molecule has 2 N–H and O–H groups in total. The third-order valence-electron chi connectivity index (χ3n) is 2.73. The van der Waals surface area contributed by atoms with Gasteiger partial charge in [0.2, 0.25) is 5.88 Å². The summed E-state index contributed by atoms with van der Waals surface area (Å²) in [4.78, 5) is 4.15. The number of ether oxygens (including phenoxy) is 1. The predicted molar refractivity (Wildman–Crippen MR) is 68.2 cm³/mol. The molecule has 5 heteroatoms. The Labute approximate surface area is 103 Å². The van der Waals surface area contributed by atoms with Gasteiger partial charge in [-0.3, -0.25) is 0 Å². The summed E-state index contributed by atoms with van der Waals surface area (Å²) >= 11 is 0. The lowest BCUT2D eigenvalue weighted by molar-refractivity contribution is 0.403. The summed E-state index contributed by atoms with van der Waals surface area (Å²) in [6, 6.07) is 9.46. The number of nitrogens with zero attached hydrogens (tertiary/aromatic N) is 2. The molecule has 0 aliphatic carbocycles. The summed E-state index contributed by atoms with van der Waals surface area (Å²) in [6.45, 7) is 0. The Morgan fingerprint density at radius 2 is 2.11 bits per heavy atom. The van der Waals surface area contributed by atoms with E-state index in [1.54, 1.807) is 19.4 Å². The van der Waals surface area contributed by atoms with Gasteiger partial charge in [-0.15, -0.1) is 0 Å². The highest BCUT2D eigenvalue weighted by molar-refractivity contribution is 5.90. The van der Waals surface area contributed by atoms with Crippen molar-refractivity contribution < 1.29 is 9.26 Å². The number of methoxy groups -OCH3 is 1. The van der Waals surface area contributed by atoms with Gasteiger partial charge in [-0.1, -0.05) is 11.2 Å². The number of aromatic nitrogens is 2. The van der Waals surface area contributed by atoms with E-state index < -0.39 is 0 Å². The van der Waals surface area contributed by atoms with Gasteiger partial charge >= 0.3 is 0 Å². The topological polar surface area (TPSA) is 74.2 Å². The molecule has 0 saturated carbocycles. The number of pyridine rings is 1. The minimum atomic E-state index is 0.373. The van der Waals surface area contributed by atoms with Crippen molar-refractivity contribution >= 4 is 16.6 Å². The Morgan fingerprint density at radius 1 is 1.22 bits per heavy atom. The van der Waals surface area contributed by atoms with E-state index in [2.05, 4.69) is 10.1 Å². The van der Waals surface area contributed by atoms with Crippen molar-refractivity contribution in [3.8, 4) is 17.2 Å². The van der Waals surface area contributed by atoms with Gasteiger partial charge in [0, 0.05) is 23.2 Å². The van der Waals surface area contributed by atoms with Crippen molar-refractivity contribution in [2.24, 2.45) is 0 Å². The maximum atomic E-state index is 5.54. The molecular formula is C13H11N3O2. The van der Waals surface area contributed by atoms with Crippen LogP contribution < -0.4 is 10.5 Å². The second kappa shape index (κ2) is 4.03. The van der Waals surface area contributed by atoms with E-state index in [1.165, 1.54) is 0 Å². The summed E-state index contributed by atoms with van der Waals surface area (Å²) < 4.78 is 10.3. The SMILES string of the molecule is COc1nccc2cc(-c3cc(N)no3)ccc12. The molecule has 2 aromatic heterocycles. The second-order valence-electron chi connectivity index (χ2n) is 3.87. The van der Waals surface area contributed by atoms with Gasteiger partial charge in [-0.05, 0) is 23.6 Å². The lowest BCUT2D eigenvalue weighted by atomic mass is 10.1. The van der Waals surface area contributed by atoms with Crippen LogP contribution in [-0.2, 0) is 0 Å². The normalized spacial score (nSPS) is 10.7. The second-order valence-corrected chi connectivity index (χ2v) is 3.87. The van der Waals surface area contributed by atoms with Crippen molar-refractivity contribution in [2.45, 2.75) is 0 Å². The number of hydrogen-bond donors (Lipinski definition) is 1. The van der Waals surface area contributed by atoms with Crippen LogP contribution in [0.1, 0.15) is 0 Å². The van der Waals surface area contributed by atoms with Crippen LogP contribution >= 0.6 is 0 Å². The van der Waals surface area contributed by atoms with Crippen molar-refractivity contribution in [2.75, 3.05) is 12.8 Å². The van der Waals surface area contributed by atoms with E-state index in [9.17, 15) is 0 Å². The highest BCUT2D eigenvalue weighted by atomic mass is 16.5. The van der Waals surface area contributed by atoms with Crippen LogP contribution in [0.5, 0.6) is 5.88 Å². The number of nitrogens with two attached hydrogens (primary N) is 1. The lowest BCUT2D eigenvalue weighted by Gasteiger charge is -2.04. The van der Waals surface area contributed by atoms with Crippen LogP contribution in [0.15, 0.2) is 41.1 Å². The van der Waals surface area contributed by atoms with Crippen LogP contribution in [0.2, 0.25) is 0 Å². The third kappa shape index (κ3) is 1.66. The quantitative estimate of drug-likeness (QED) is 0.746. The molecule has 0 aliphatic heterocycles. The summed E-state index contributed by atoms with van der Waals surface area (Å²) in [7, 11) is 1.60. The van der Waals surface area contributed by atoms with E-state index in [0.29, 0.717) is 17.5 Å². The van der Waals surface area contributed by atoms with Crippen molar-refractivity contribution in [1.82, 2.24) is 10.1 Å². The first-order chi connectivity index (χ1) is 8.78. The van der Waals surface area contributed by atoms with Crippen LogP contribution in [0.4, 0.5) is 5.82 Å². The first kappa shape index (κ1) is 10.6. The largest absolute Gasteiger partial charge is 0.481 e. The van der Waals surface area contributed by atoms with Crippen molar-refractivity contribution in [3.63, 3.8) is 0 Å². The monoisotopic (exact) mass is 241 g/mol. The van der Waals surface area contributed by atoms with E-state index in [4.69, 9.17) is 15.0 Å². The van der Waals surface area contributed by atoms with Gasteiger partial charge in [-0.2, -0.15) is 0 Å². The van der Waals surface area contributed by atoms with Crippen LogP contribution in [0.3, 0.4) is 0 Å². The van der Waals surface area contributed by atoms with Gasteiger partial charge in [0.15, 0.2) is 11.6 Å². The first-order valence-corrected chi connectivity index (χ1v) is 5.43. The maximum Gasteiger partial charge on any atom is 0.221 e. The van der Waals surface area contributed by atoms with E-state index in [1.807, 2.05) is 24.3 Å². The molecule has 0 amide bonds. The molecule has 5 nitrogen and oxygen atoms in total. The molecule has 0 aliphatic rings. The predicted octanol–water partition coefficient (Wildman–Crippen LogP) is 2.48. The molecule has 0 saturated heterocycles. The van der Waals surface area contributed by atoms with Crippen LogP contribution in [-0.4, -0.2) is 17.3 Å².